The number of carbonyl (C=O) groups excluding carboxylic acids is 2. The van der Waals surface area contributed by atoms with Crippen molar-refractivity contribution in [2.24, 2.45) is 23.7 Å². The number of halogens is 3. The second kappa shape index (κ2) is 4.46. The van der Waals surface area contributed by atoms with Crippen molar-refractivity contribution < 1.29 is 22.8 Å². The van der Waals surface area contributed by atoms with E-state index in [9.17, 15) is 22.8 Å². The lowest BCUT2D eigenvalue weighted by molar-refractivity contribution is -0.137. The first-order valence-electron chi connectivity index (χ1n) is 7.52. The number of carbonyl (C=O) groups is 2. The van der Waals surface area contributed by atoms with E-state index in [0.29, 0.717) is 0 Å². The van der Waals surface area contributed by atoms with E-state index in [1.54, 1.807) is 0 Å². The van der Waals surface area contributed by atoms with Crippen molar-refractivity contribution in [1.29, 1.82) is 0 Å². The maximum atomic E-state index is 12.7. The fourth-order valence-corrected chi connectivity index (χ4v) is 4.33. The van der Waals surface area contributed by atoms with E-state index in [4.69, 9.17) is 0 Å². The molecule has 4 rings (SSSR count). The lowest BCUT2D eigenvalue weighted by Crippen LogP contribution is -2.33. The zero-order valence-electron chi connectivity index (χ0n) is 12.3. The number of nitrogens with zero attached hydrogens (tertiary/aromatic N) is 1. The average Bonchev–Trinajstić information content (AvgIpc) is 3.10. The third-order valence-corrected chi connectivity index (χ3v) is 5.33. The summed E-state index contributed by atoms with van der Waals surface area (Å²) in [6, 6.07) is 4.20. The van der Waals surface area contributed by atoms with Crippen LogP contribution in [-0.2, 0) is 15.8 Å². The number of benzene rings is 1. The van der Waals surface area contributed by atoms with Gasteiger partial charge in [-0.15, -0.1) is 0 Å². The van der Waals surface area contributed by atoms with Gasteiger partial charge in [-0.05, 0) is 49.4 Å². The first-order chi connectivity index (χ1) is 10.8. The van der Waals surface area contributed by atoms with Gasteiger partial charge >= 0.3 is 6.18 Å². The molecule has 1 saturated carbocycles. The van der Waals surface area contributed by atoms with Crippen LogP contribution in [0.5, 0.6) is 0 Å². The highest BCUT2D eigenvalue weighted by molar-refractivity contribution is 6.22. The minimum Gasteiger partial charge on any atom is -0.274 e. The van der Waals surface area contributed by atoms with Crippen molar-refractivity contribution in [2.75, 3.05) is 4.90 Å². The summed E-state index contributed by atoms with van der Waals surface area (Å²) in [6.07, 6.45) is -1.54. The molecule has 1 saturated heterocycles. The van der Waals surface area contributed by atoms with E-state index >= 15 is 0 Å². The Morgan fingerprint density at radius 3 is 2.26 bits per heavy atom. The van der Waals surface area contributed by atoms with Crippen LogP contribution in [0.1, 0.15) is 18.9 Å². The van der Waals surface area contributed by atoms with Crippen LogP contribution in [0.2, 0.25) is 0 Å². The Morgan fingerprint density at radius 1 is 1.04 bits per heavy atom. The predicted molar refractivity (Wildman–Crippen MR) is 76.3 cm³/mol. The van der Waals surface area contributed by atoms with Crippen molar-refractivity contribution >= 4 is 17.5 Å². The van der Waals surface area contributed by atoms with Gasteiger partial charge in [-0.2, -0.15) is 13.2 Å². The van der Waals surface area contributed by atoms with Gasteiger partial charge in [-0.3, -0.25) is 14.5 Å². The largest absolute Gasteiger partial charge is 0.416 e. The Kier molecular flexibility index (Phi) is 2.81. The first kappa shape index (κ1) is 14.5. The minimum atomic E-state index is -4.44. The maximum Gasteiger partial charge on any atom is 0.416 e. The molecule has 1 heterocycles. The van der Waals surface area contributed by atoms with Crippen LogP contribution >= 0.6 is 0 Å². The van der Waals surface area contributed by atoms with E-state index in [0.717, 1.165) is 29.0 Å². The van der Waals surface area contributed by atoms with E-state index in [1.807, 2.05) is 6.92 Å². The summed E-state index contributed by atoms with van der Waals surface area (Å²) < 4.78 is 37.9. The molecule has 0 spiro atoms. The van der Waals surface area contributed by atoms with Crippen LogP contribution in [0.25, 0.3) is 0 Å². The molecule has 4 atom stereocenters. The van der Waals surface area contributed by atoms with Gasteiger partial charge in [-0.1, -0.05) is 11.6 Å². The standard InChI is InChI=1S/C17H14F3NO2/c1-8-6-9-7-12(8)14-13(9)15(22)21(16(14)23)11-4-2-10(3-5-11)17(18,19)20/h2-6,9,12-14H,7H2,1H3/t9-,12+,13+,14-/m0/s1. The van der Waals surface area contributed by atoms with Gasteiger partial charge in [0.05, 0.1) is 23.1 Å². The van der Waals surface area contributed by atoms with Gasteiger partial charge in [-0.25, -0.2) is 0 Å². The van der Waals surface area contributed by atoms with Gasteiger partial charge in [0, 0.05) is 0 Å². The molecule has 0 N–H and O–H groups in total. The highest BCUT2D eigenvalue weighted by Gasteiger charge is 2.60. The zero-order chi connectivity index (χ0) is 16.5. The van der Waals surface area contributed by atoms with Crippen molar-refractivity contribution in [3.63, 3.8) is 0 Å². The van der Waals surface area contributed by atoms with Gasteiger partial charge in [0.15, 0.2) is 0 Å². The summed E-state index contributed by atoms with van der Waals surface area (Å²) in [6.45, 7) is 1.97. The second-order valence-electron chi connectivity index (χ2n) is 6.52. The van der Waals surface area contributed by atoms with Crippen LogP contribution in [-0.4, -0.2) is 11.8 Å². The monoisotopic (exact) mass is 321 g/mol. The summed E-state index contributed by atoms with van der Waals surface area (Å²) in [5, 5.41) is 0. The van der Waals surface area contributed by atoms with Crippen LogP contribution in [0.4, 0.5) is 18.9 Å². The van der Waals surface area contributed by atoms with Gasteiger partial charge in [0.25, 0.3) is 0 Å². The fourth-order valence-electron chi connectivity index (χ4n) is 4.33. The van der Waals surface area contributed by atoms with Crippen molar-refractivity contribution in [3.05, 3.63) is 41.5 Å². The summed E-state index contributed by atoms with van der Waals surface area (Å²) in [7, 11) is 0. The lowest BCUT2D eigenvalue weighted by atomic mass is 9.82. The Labute approximate surface area is 130 Å². The number of imide groups is 1. The van der Waals surface area contributed by atoms with E-state index in [2.05, 4.69) is 6.08 Å². The molecular formula is C17H14F3NO2. The predicted octanol–water partition coefficient (Wildman–Crippen LogP) is 3.41. The van der Waals surface area contributed by atoms with E-state index < -0.39 is 11.7 Å². The summed E-state index contributed by atoms with van der Waals surface area (Å²) in [4.78, 5) is 26.4. The Bertz CT molecular complexity index is 735. The molecular weight excluding hydrogens is 307 g/mol. The topological polar surface area (TPSA) is 37.4 Å². The van der Waals surface area contributed by atoms with Crippen LogP contribution in [0.15, 0.2) is 35.9 Å². The number of hydrogen-bond donors (Lipinski definition) is 0. The minimum absolute atomic E-state index is 0.0842. The van der Waals surface area contributed by atoms with Crippen LogP contribution in [0, 0.1) is 23.7 Å². The number of anilines is 1. The fraction of sp³-hybridized carbons (Fsp3) is 0.412. The number of hydrogen-bond acceptors (Lipinski definition) is 2. The summed E-state index contributed by atoms with van der Waals surface area (Å²) >= 11 is 0. The number of fused-ring (bicyclic) bond motifs is 5. The Hall–Kier alpha value is -2.11. The number of rotatable bonds is 1. The third-order valence-electron chi connectivity index (χ3n) is 5.33. The van der Waals surface area contributed by atoms with E-state index in [1.165, 1.54) is 12.1 Å². The quantitative estimate of drug-likeness (QED) is 0.587. The SMILES string of the molecule is CC1=C[C@H]2C[C@H]1[C@@H]1C(=O)N(c3ccc(C(F)(F)F)cc3)C(=O)[C@@H]12. The van der Waals surface area contributed by atoms with Crippen molar-refractivity contribution in [1.82, 2.24) is 0 Å². The molecule has 1 aromatic rings. The van der Waals surface area contributed by atoms with Gasteiger partial charge < -0.3 is 0 Å². The zero-order valence-corrected chi connectivity index (χ0v) is 12.3. The van der Waals surface area contributed by atoms with Gasteiger partial charge in [0.1, 0.15) is 0 Å². The highest BCUT2D eigenvalue weighted by Crippen LogP contribution is 2.55. The molecule has 0 aromatic heterocycles. The van der Waals surface area contributed by atoms with E-state index in [-0.39, 0.29) is 41.2 Å². The molecule has 1 aliphatic heterocycles. The first-order valence-corrected chi connectivity index (χ1v) is 7.52. The molecule has 0 radical (unpaired) electrons. The third kappa shape index (κ3) is 1.90. The molecule has 2 amide bonds. The number of alkyl halides is 3. The van der Waals surface area contributed by atoms with Gasteiger partial charge in [0.2, 0.25) is 11.8 Å². The van der Waals surface area contributed by atoms with Crippen LogP contribution < -0.4 is 4.90 Å². The lowest BCUT2D eigenvalue weighted by Gasteiger charge is -2.19. The summed E-state index contributed by atoms with van der Waals surface area (Å²) in [5.41, 5.74) is 0.573. The molecule has 23 heavy (non-hydrogen) atoms. The molecule has 2 bridgehead atoms. The molecule has 2 aliphatic carbocycles. The summed E-state index contributed by atoms with van der Waals surface area (Å²) in [5.74, 6) is -1.07. The maximum absolute atomic E-state index is 12.7. The molecule has 2 fully saturated rings. The molecule has 3 aliphatic rings. The number of amides is 2. The molecule has 120 valence electrons. The smallest absolute Gasteiger partial charge is 0.274 e. The molecule has 3 nitrogen and oxygen atoms in total. The Morgan fingerprint density at radius 2 is 1.65 bits per heavy atom. The molecule has 1 aromatic carbocycles. The second-order valence-corrected chi connectivity index (χ2v) is 6.52. The van der Waals surface area contributed by atoms with Crippen molar-refractivity contribution in [2.45, 2.75) is 19.5 Å². The Balaban J connectivity index is 1.67. The highest BCUT2D eigenvalue weighted by atomic mass is 19.4. The van der Waals surface area contributed by atoms with Crippen molar-refractivity contribution in [3.8, 4) is 0 Å². The molecule has 0 unspecified atom stereocenters. The average molecular weight is 321 g/mol. The van der Waals surface area contributed by atoms with Crippen LogP contribution in [0.3, 0.4) is 0 Å². The number of allylic oxidation sites excluding steroid dienone is 2. The molecule has 6 heteroatoms. The normalized spacial score (nSPS) is 32.5.